The van der Waals surface area contributed by atoms with E-state index in [-0.39, 0.29) is 16.1 Å². The number of nitrogens with two attached hydrogens (primary N) is 1. The maximum absolute atomic E-state index is 13.0. The topological polar surface area (TPSA) is 89.2 Å². The van der Waals surface area contributed by atoms with E-state index in [2.05, 4.69) is 21.8 Å². The second-order valence-corrected chi connectivity index (χ2v) is 8.42. The van der Waals surface area contributed by atoms with Gasteiger partial charge < -0.3 is 0 Å². The zero-order valence-electron chi connectivity index (χ0n) is 18.3. The third kappa shape index (κ3) is 4.78. The molecule has 2 N–H and O–H groups in total. The Morgan fingerprint density at radius 2 is 1.71 bits per heavy atom. The van der Waals surface area contributed by atoms with E-state index in [1.54, 1.807) is 67.7 Å². The van der Waals surface area contributed by atoms with Crippen molar-refractivity contribution in [2.45, 2.75) is 13.8 Å². The molecule has 0 unspecified atom stereocenters. The number of benzene rings is 3. The molecular weight excluding hydrogens is 471 g/mol. The molecule has 2 amide bonds. The minimum Gasteiger partial charge on any atom is -0.267 e. The molecule has 0 aliphatic heterocycles. The summed E-state index contributed by atoms with van der Waals surface area (Å²) in [5.74, 6) is 10.5. The molecule has 0 saturated carbocycles. The van der Waals surface area contributed by atoms with Gasteiger partial charge >= 0.3 is 0 Å². The van der Waals surface area contributed by atoms with Gasteiger partial charge in [0.15, 0.2) is 0 Å². The standard InChI is InChI=1S/C26H18Cl2N4O2/c1-15-6-7-18(25(33)32(29)26(34)24-16(2)4-3-5-21(24)28)12-17(15)8-10-20-14-30-22-11-9-19(27)13-23(22)31-20/h3-7,9,11-14H,29H2,1-2H3. The van der Waals surface area contributed by atoms with Gasteiger partial charge in [-0.2, -0.15) is 0 Å². The van der Waals surface area contributed by atoms with Crippen molar-refractivity contribution < 1.29 is 9.59 Å². The van der Waals surface area contributed by atoms with E-state index in [4.69, 9.17) is 29.0 Å². The number of hydrogen-bond donors (Lipinski definition) is 1. The number of halogens is 2. The van der Waals surface area contributed by atoms with Gasteiger partial charge in [0.1, 0.15) is 5.69 Å². The van der Waals surface area contributed by atoms with Gasteiger partial charge in [0.2, 0.25) is 0 Å². The van der Waals surface area contributed by atoms with Crippen LogP contribution in [0.5, 0.6) is 0 Å². The van der Waals surface area contributed by atoms with Crippen molar-refractivity contribution in [2.24, 2.45) is 5.84 Å². The van der Waals surface area contributed by atoms with Crippen LogP contribution < -0.4 is 5.84 Å². The molecule has 0 spiro atoms. The predicted molar refractivity (Wildman–Crippen MR) is 133 cm³/mol. The summed E-state index contributed by atoms with van der Waals surface area (Å²) in [7, 11) is 0. The fraction of sp³-hybridized carbons (Fsp3) is 0.0769. The molecule has 0 saturated heterocycles. The molecule has 0 fully saturated rings. The van der Waals surface area contributed by atoms with Gasteiger partial charge in [-0.05, 0) is 67.3 Å². The Labute approximate surface area is 206 Å². The number of aryl methyl sites for hydroxylation is 2. The Hall–Kier alpha value is -3.76. The number of hydrazine groups is 1. The molecule has 34 heavy (non-hydrogen) atoms. The van der Waals surface area contributed by atoms with Crippen LogP contribution in [0.4, 0.5) is 0 Å². The minimum atomic E-state index is -0.689. The lowest BCUT2D eigenvalue weighted by molar-refractivity contribution is 0.0615. The Balaban J connectivity index is 1.63. The molecule has 0 aliphatic rings. The highest BCUT2D eigenvalue weighted by Crippen LogP contribution is 2.22. The summed E-state index contributed by atoms with van der Waals surface area (Å²) in [5.41, 5.74) is 4.25. The number of rotatable bonds is 2. The molecule has 0 atom stereocenters. The molecule has 168 valence electrons. The summed E-state index contributed by atoms with van der Waals surface area (Å²) < 4.78 is 0. The fourth-order valence-corrected chi connectivity index (χ4v) is 3.79. The molecule has 3 aromatic carbocycles. The van der Waals surface area contributed by atoms with Crippen molar-refractivity contribution in [3.05, 3.63) is 104 Å². The maximum Gasteiger partial charge on any atom is 0.276 e. The summed E-state index contributed by atoms with van der Waals surface area (Å²) in [5, 5.41) is 1.34. The van der Waals surface area contributed by atoms with Gasteiger partial charge in [-0.3, -0.25) is 14.6 Å². The molecule has 0 aliphatic carbocycles. The summed E-state index contributed by atoms with van der Waals surface area (Å²) in [4.78, 5) is 34.6. The van der Waals surface area contributed by atoms with Crippen molar-refractivity contribution in [2.75, 3.05) is 0 Å². The number of aromatic nitrogens is 2. The lowest BCUT2D eigenvalue weighted by Gasteiger charge is -2.17. The molecular formula is C26H18Cl2N4O2. The van der Waals surface area contributed by atoms with E-state index < -0.39 is 11.8 Å². The summed E-state index contributed by atoms with van der Waals surface area (Å²) in [6.07, 6.45) is 1.57. The van der Waals surface area contributed by atoms with Crippen LogP contribution in [0.2, 0.25) is 10.0 Å². The van der Waals surface area contributed by atoms with Crippen molar-refractivity contribution in [1.82, 2.24) is 15.0 Å². The van der Waals surface area contributed by atoms with Gasteiger partial charge in [0, 0.05) is 16.1 Å². The number of imide groups is 1. The van der Waals surface area contributed by atoms with Crippen molar-refractivity contribution in [3.8, 4) is 11.8 Å². The predicted octanol–water partition coefficient (Wildman–Crippen LogP) is 5.11. The third-order valence-corrected chi connectivity index (χ3v) is 5.74. The van der Waals surface area contributed by atoms with Crippen LogP contribution in [0, 0.1) is 25.7 Å². The lowest BCUT2D eigenvalue weighted by Crippen LogP contribution is -2.43. The highest BCUT2D eigenvalue weighted by molar-refractivity contribution is 6.34. The van der Waals surface area contributed by atoms with Crippen molar-refractivity contribution in [1.29, 1.82) is 0 Å². The number of hydrogen-bond acceptors (Lipinski definition) is 5. The van der Waals surface area contributed by atoms with E-state index >= 15 is 0 Å². The quantitative estimate of drug-likeness (QED) is 0.139. The molecule has 1 heterocycles. The van der Waals surface area contributed by atoms with E-state index in [0.29, 0.717) is 37.9 Å². The Morgan fingerprint density at radius 1 is 0.912 bits per heavy atom. The summed E-state index contributed by atoms with van der Waals surface area (Å²) in [6.45, 7) is 3.59. The first-order valence-electron chi connectivity index (χ1n) is 10.2. The Bertz CT molecular complexity index is 1500. The van der Waals surface area contributed by atoms with E-state index in [9.17, 15) is 9.59 Å². The molecule has 1 aromatic heterocycles. The first-order valence-corrected chi connectivity index (χ1v) is 10.9. The highest BCUT2D eigenvalue weighted by Gasteiger charge is 2.24. The maximum atomic E-state index is 13.0. The van der Waals surface area contributed by atoms with Crippen LogP contribution in [-0.4, -0.2) is 26.8 Å². The van der Waals surface area contributed by atoms with Gasteiger partial charge in [-0.15, -0.1) is 0 Å². The monoisotopic (exact) mass is 488 g/mol. The van der Waals surface area contributed by atoms with E-state index in [0.717, 1.165) is 5.56 Å². The lowest BCUT2D eigenvalue weighted by atomic mass is 10.0. The zero-order chi connectivity index (χ0) is 24.4. The first kappa shape index (κ1) is 23.4. The second-order valence-electron chi connectivity index (χ2n) is 7.58. The third-order valence-electron chi connectivity index (χ3n) is 5.19. The molecule has 8 heteroatoms. The number of carbonyl (C=O) groups excluding carboxylic acids is 2. The highest BCUT2D eigenvalue weighted by atomic mass is 35.5. The van der Waals surface area contributed by atoms with Gasteiger partial charge in [0.05, 0.1) is 27.8 Å². The van der Waals surface area contributed by atoms with E-state index in [1.807, 2.05) is 6.92 Å². The van der Waals surface area contributed by atoms with Crippen molar-refractivity contribution >= 4 is 46.0 Å². The average Bonchev–Trinajstić information content (AvgIpc) is 2.82. The molecule has 6 nitrogen and oxygen atoms in total. The Kier molecular flexibility index (Phi) is 6.62. The van der Waals surface area contributed by atoms with Gasteiger partial charge in [-0.1, -0.05) is 47.3 Å². The largest absolute Gasteiger partial charge is 0.276 e. The van der Waals surface area contributed by atoms with Gasteiger partial charge in [0.25, 0.3) is 11.8 Å². The van der Waals surface area contributed by atoms with Crippen LogP contribution >= 0.6 is 23.2 Å². The van der Waals surface area contributed by atoms with Crippen LogP contribution in [0.25, 0.3) is 11.0 Å². The normalized spacial score (nSPS) is 10.5. The number of amides is 2. The summed E-state index contributed by atoms with van der Waals surface area (Å²) in [6, 6.07) is 15.2. The van der Waals surface area contributed by atoms with Crippen molar-refractivity contribution in [3.63, 3.8) is 0 Å². The minimum absolute atomic E-state index is 0.183. The first-order chi connectivity index (χ1) is 16.2. The second kappa shape index (κ2) is 9.62. The average molecular weight is 489 g/mol. The number of fused-ring (bicyclic) bond motifs is 1. The van der Waals surface area contributed by atoms with Crippen LogP contribution in [0.15, 0.2) is 60.8 Å². The Morgan fingerprint density at radius 3 is 2.47 bits per heavy atom. The van der Waals surface area contributed by atoms with E-state index in [1.165, 1.54) is 0 Å². The molecule has 4 aromatic rings. The van der Waals surface area contributed by atoms with Crippen LogP contribution in [0.1, 0.15) is 43.1 Å². The van der Waals surface area contributed by atoms with Crippen LogP contribution in [0.3, 0.4) is 0 Å². The molecule has 0 bridgehead atoms. The molecule has 4 rings (SSSR count). The number of nitrogens with zero attached hydrogens (tertiary/aromatic N) is 3. The molecule has 0 radical (unpaired) electrons. The fourth-order valence-electron chi connectivity index (χ4n) is 3.32. The number of carbonyl (C=O) groups is 2. The SMILES string of the molecule is Cc1ccc(C(=O)N(N)C(=O)c2c(C)cccc2Cl)cc1C#Cc1cnc2ccc(Cl)cc2n1. The summed E-state index contributed by atoms with van der Waals surface area (Å²) >= 11 is 12.2. The van der Waals surface area contributed by atoms with Gasteiger partial charge in [-0.25, -0.2) is 15.8 Å². The van der Waals surface area contributed by atoms with Crippen LogP contribution in [-0.2, 0) is 0 Å². The smallest absolute Gasteiger partial charge is 0.267 e. The zero-order valence-corrected chi connectivity index (χ0v) is 19.8.